The zero-order valence-corrected chi connectivity index (χ0v) is 8.85. The first-order valence-electron chi connectivity index (χ1n) is 4.60. The zero-order valence-electron chi connectivity index (χ0n) is 8.85. The van der Waals surface area contributed by atoms with Crippen LogP contribution in [0.3, 0.4) is 0 Å². The molecule has 1 rings (SSSR count). The molecule has 84 valence electrons. The molecule has 0 bridgehead atoms. The zero-order chi connectivity index (χ0) is 12.1. The second kappa shape index (κ2) is 5.53. The Bertz CT molecular complexity index is 329. The Morgan fingerprint density at radius 2 is 1.60 bits per heavy atom. The van der Waals surface area contributed by atoms with Gasteiger partial charge in [0.1, 0.15) is 0 Å². The number of benzene rings is 1. The molecule has 0 unspecified atom stereocenters. The molecule has 1 aromatic rings. The summed E-state index contributed by atoms with van der Waals surface area (Å²) in [7, 11) is 0. The maximum absolute atomic E-state index is 12.0. The molecule has 0 aliphatic carbocycles. The molecular weight excluding hydrogens is 205 g/mol. The summed E-state index contributed by atoms with van der Waals surface area (Å²) in [6, 6.07) is 5.64. The normalized spacial score (nSPS) is 10.3. The van der Waals surface area contributed by atoms with Crippen LogP contribution in [0.15, 0.2) is 24.3 Å². The van der Waals surface area contributed by atoms with Gasteiger partial charge >= 0.3 is 6.18 Å². The highest BCUT2D eigenvalue weighted by Gasteiger charge is 2.39. The van der Waals surface area contributed by atoms with Crippen LogP contribution in [0.4, 0.5) is 13.2 Å². The predicted molar refractivity (Wildman–Crippen MR) is 52.9 cm³/mol. The van der Waals surface area contributed by atoms with E-state index >= 15 is 0 Å². The van der Waals surface area contributed by atoms with Crippen LogP contribution in [-0.2, 0) is 0 Å². The standard InChI is InChI=1S/C9H7F3O.C2H6/c1-6-4-2-3-5-7(6)8(13)9(10,11)12;1-2/h2-5H,1H3;1-2H3. The maximum Gasteiger partial charge on any atom is 0.454 e. The van der Waals surface area contributed by atoms with Gasteiger partial charge in [0.25, 0.3) is 5.78 Å². The van der Waals surface area contributed by atoms with E-state index in [9.17, 15) is 18.0 Å². The minimum Gasteiger partial charge on any atom is -0.284 e. The third kappa shape index (κ3) is 3.73. The molecule has 0 N–H and O–H groups in total. The van der Waals surface area contributed by atoms with E-state index in [0.29, 0.717) is 5.56 Å². The molecule has 0 aliphatic rings. The van der Waals surface area contributed by atoms with Gasteiger partial charge in [-0.3, -0.25) is 4.79 Å². The van der Waals surface area contributed by atoms with Crippen molar-refractivity contribution in [1.82, 2.24) is 0 Å². The summed E-state index contributed by atoms with van der Waals surface area (Å²) in [6.45, 7) is 5.47. The summed E-state index contributed by atoms with van der Waals surface area (Å²) in [5.74, 6) is -1.79. The number of Topliss-reactive ketones (excluding diaryl/α,β-unsaturated/α-hetero) is 1. The minimum atomic E-state index is -4.79. The average molecular weight is 218 g/mol. The van der Waals surface area contributed by atoms with Gasteiger partial charge in [-0.25, -0.2) is 0 Å². The Balaban J connectivity index is 0.000000921. The van der Waals surface area contributed by atoms with Crippen LogP contribution in [0.25, 0.3) is 0 Å². The van der Waals surface area contributed by atoms with Crippen LogP contribution in [0.5, 0.6) is 0 Å². The van der Waals surface area contributed by atoms with Crippen molar-refractivity contribution in [3.05, 3.63) is 35.4 Å². The Kier molecular flexibility index (Phi) is 5.05. The van der Waals surface area contributed by atoms with Gasteiger partial charge in [0.2, 0.25) is 0 Å². The number of carbonyl (C=O) groups excluding carboxylic acids is 1. The predicted octanol–water partition coefficient (Wildman–Crippen LogP) is 3.77. The smallest absolute Gasteiger partial charge is 0.284 e. The SMILES string of the molecule is CC.Cc1ccccc1C(=O)C(F)(F)F. The highest BCUT2D eigenvalue weighted by Crippen LogP contribution is 2.22. The van der Waals surface area contributed by atoms with Crippen LogP contribution in [0, 0.1) is 6.92 Å². The molecule has 1 aromatic carbocycles. The van der Waals surface area contributed by atoms with E-state index in [1.807, 2.05) is 13.8 Å². The fraction of sp³-hybridized carbons (Fsp3) is 0.364. The Morgan fingerprint density at radius 1 is 1.13 bits per heavy atom. The van der Waals surface area contributed by atoms with Gasteiger partial charge in [-0.1, -0.05) is 38.1 Å². The summed E-state index contributed by atoms with van der Waals surface area (Å²) in [6.07, 6.45) is -4.79. The van der Waals surface area contributed by atoms with Crippen molar-refractivity contribution in [1.29, 1.82) is 0 Å². The Hall–Kier alpha value is -1.32. The largest absolute Gasteiger partial charge is 0.454 e. The molecule has 0 aliphatic heterocycles. The third-order valence-electron chi connectivity index (χ3n) is 1.65. The number of hydrogen-bond donors (Lipinski definition) is 0. The molecule has 0 saturated carbocycles. The molecule has 0 heterocycles. The lowest BCUT2D eigenvalue weighted by molar-refractivity contribution is -0.0885. The first-order chi connectivity index (χ1) is 6.93. The lowest BCUT2D eigenvalue weighted by atomic mass is 10.1. The second-order valence-electron chi connectivity index (χ2n) is 2.64. The fourth-order valence-electron chi connectivity index (χ4n) is 0.980. The van der Waals surface area contributed by atoms with Gasteiger partial charge in [0.15, 0.2) is 0 Å². The molecule has 0 radical (unpaired) electrons. The molecule has 0 atom stereocenters. The summed E-state index contributed by atoms with van der Waals surface area (Å²) in [4.78, 5) is 10.8. The fourth-order valence-corrected chi connectivity index (χ4v) is 0.980. The number of carbonyl (C=O) groups is 1. The van der Waals surface area contributed by atoms with E-state index in [1.165, 1.54) is 25.1 Å². The van der Waals surface area contributed by atoms with Crippen LogP contribution < -0.4 is 0 Å². The van der Waals surface area contributed by atoms with E-state index < -0.39 is 12.0 Å². The summed E-state index contributed by atoms with van der Waals surface area (Å²) >= 11 is 0. The Labute approximate surface area is 86.9 Å². The number of hydrogen-bond acceptors (Lipinski definition) is 1. The van der Waals surface area contributed by atoms with Gasteiger partial charge in [-0.2, -0.15) is 13.2 Å². The minimum absolute atomic E-state index is 0.282. The van der Waals surface area contributed by atoms with Crippen LogP contribution in [0.1, 0.15) is 29.8 Å². The van der Waals surface area contributed by atoms with Gasteiger partial charge in [0.05, 0.1) is 0 Å². The van der Waals surface area contributed by atoms with Crippen LogP contribution in [0.2, 0.25) is 0 Å². The van der Waals surface area contributed by atoms with Gasteiger partial charge < -0.3 is 0 Å². The second-order valence-corrected chi connectivity index (χ2v) is 2.64. The van der Waals surface area contributed by atoms with Crippen molar-refractivity contribution in [2.75, 3.05) is 0 Å². The van der Waals surface area contributed by atoms with Crippen molar-refractivity contribution in [2.24, 2.45) is 0 Å². The molecular formula is C11H13F3O. The molecule has 0 amide bonds. The summed E-state index contributed by atoms with van der Waals surface area (Å²) < 4.78 is 35.9. The molecule has 4 heteroatoms. The van der Waals surface area contributed by atoms with Gasteiger partial charge in [-0.15, -0.1) is 0 Å². The van der Waals surface area contributed by atoms with E-state index in [-0.39, 0.29) is 5.56 Å². The van der Waals surface area contributed by atoms with E-state index in [1.54, 1.807) is 6.07 Å². The summed E-state index contributed by atoms with van der Waals surface area (Å²) in [5.41, 5.74) is 0.0554. The molecule has 0 spiro atoms. The van der Waals surface area contributed by atoms with E-state index in [0.717, 1.165) is 0 Å². The lowest BCUT2D eigenvalue weighted by Gasteiger charge is -2.06. The van der Waals surface area contributed by atoms with Crippen LogP contribution >= 0.6 is 0 Å². The van der Waals surface area contributed by atoms with Gasteiger partial charge in [-0.05, 0) is 12.5 Å². The lowest BCUT2D eigenvalue weighted by Crippen LogP contribution is -2.23. The molecule has 1 nitrogen and oxygen atoms in total. The van der Waals surface area contributed by atoms with E-state index in [4.69, 9.17) is 0 Å². The third-order valence-corrected chi connectivity index (χ3v) is 1.65. The quantitative estimate of drug-likeness (QED) is 0.656. The molecule has 0 saturated heterocycles. The number of alkyl halides is 3. The van der Waals surface area contributed by atoms with Crippen molar-refractivity contribution in [3.63, 3.8) is 0 Å². The molecule has 15 heavy (non-hydrogen) atoms. The Morgan fingerprint density at radius 3 is 2.00 bits per heavy atom. The maximum atomic E-state index is 12.0. The average Bonchev–Trinajstić information content (AvgIpc) is 2.19. The monoisotopic (exact) mass is 218 g/mol. The number of halogens is 3. The first kappa shape index (κ1) is 13.7. The highest BCUT2D eigenvalue weighted by atomic mass is 19.4. The van der Waals surface area contributed by atoms with Crippen molar-refractivity contribution in [2.45, 2.75) is 26.9 Å². The topological polar surface area (TPSA) is 17.1 Å². The number of aryl methyl sites for hydroxylation is 1. The summed E-state index contributed by atoms with van der Waals surface area (Å²) in [5, 5.41) is 0. The highest BCUT2D eigenvalue weighted by molar-refractivity contribution is 6.01. The first-order valence-corrected chi connectivity index (χ1v) is 4.60. The van der Waals surface area contributed by atoms with Crippen LogP contribution in [-0.4, -0.2) is 12.0 Å². The van der Waals surface area contributed by atoms with Crippen molar-refractivity contribution < 1.29 is 18.0 Å². The van der Waals surface area contributed by atoms with Crippen molar-refractivity contribution >= 4 is 5.78 Å². The molecule has 0 fully saturated rings. The van der Waals surface area contributed by atoms with E-state index in [2.05, 4.69) is 0 Å². The van der Waals surface area contributed by atoms with Crippen molar-refractivity contribution in [3.8, 4) is 0 Å². The number of rotatable bonds is 1. The number of ketones is 1. The molecule has 0 aromatic heterocycles. The van der Waals surface area contributed by atoms with Gasteiger partial charge in [0, 0.05) is 5.56 Å².